The predicted molar refractivity (Wildman–Crippen MR) is 75.6 cm³/mol. The highest BCUT2D eigenvalue weighted by Crippen LogP contribution is 2.24. The first-order valence-electron chi connectivity index (χ1n) is 6.66. The number of Topliss-reactive ketones (excluding diaryl/α,β-unsaturated/α-hetero) is 1. The van der Waals surface area contributed by atoms with Gasteiger partial charge in [0.15, 0.2) is 5.78 Å². The van der Waals surface area contributed by atoms with E-state index in [9.17, 15) is 18.0 Å². The maximum atomic E-state index is 12.5. The van der Waals surface area contributed by atoms with Gasteiger partial charge in [0.25, 0.3) is 0 Å². The van der Waals surface area contributed by atoms with E-state index in [1.165, 1.54) is 35.5 Å². The number of carbonyl (C=O) groups excluding carboxylic acids is 1. The molecule has 21 heavy (non-hydrogen) atoms. The van der Waals surface area contributed by atoms with Crippen LogP contribution < -0.4 is 0 Å². The molecule has 1 aromatic rings. The topological polar surface area (TPSA) is 91.8 Å². The molecular formula is C14H17NO5S. The second-order valence-corrected chi connectivity index (χ2v) is 7.06. The lowest BCUT2D eigenvalue weighted by Crippen LogP contribution is -2.42. The van der Waals surface area contributed by atoms with Crippen molar-refractivity contribution < 1.29 is 23.1 Å². The maximum absolute atomic E-state index is 12.5. The first-order valence-corrected chi connectivity index (χ1v) is 8.10. The third kappa shape index (κ3) is 3.30. The number of hydrogen-bond acceptors (Lipinski definition) is 4. The van der Waals surface area contributed by atoms with E-state index in [0.717, 1.165) is 0 Å². The fourth-order valence-corrected chi connectivity index (χ4v) is 3.90. The van der Waals surface area contributed by atoms with Crippen LogP contribution in [0.25, 0.3) is 0 Å². The zero-order chi connectivity index (χ0) is 15.6. The summed E-state index contributed by atoms with van der Waals surface area (Å²) in [7, 11) is -3.71. The van der Waals surface area contributed by atoms with Crippen LogP contribution in [0.3, 0.4) is 0 Å². The van der Waals surface area contributed by atoms with Crippen molar-refractivity contribution in [2.45, 2.75) is 24.7 Å². The van der Waals surface area contributed by atoms with E-state index in [4.69, 9.17) is 5.11 Å². The standard InChI is InChI=1S/C14H17NO5S/c1-10(16)11-4-6-13(7-5-11)21(19,20)15-8-2-3-12(9-15)14(17)18/h4-7,12H,2-3,8-9H2,1H3,(H,17,18)/t12-/m1/s1. The molecule has 0 aromatic heterocycles. The lowest BCUT2D eigenvalue weighted by Gasteiger charge is -2.29. The van der Waals surface area contributed by atoms with Crippen molar-refractivity contribution in [1.82, 2.24) is 4.31 Å². The molecule has 2 rings (SSSR count). The Balaban J connectivity index is 2.24. The number of benzene rings is 1. The molecule has 0 radical (unpaired) electrons. The Bertz CT molecular complexity index is 650. The van der Waals surface area contributed by atoms with E-state index in [0.29, 0.717) is 24.9 Å². The molecule has 0 aliphatic carbocycles. The number of rotatable bonds is 4. The van der Waals surface area contributed by atoms with Crippen LogP contribution in [0.2, 0.25) is 0 Å². The molecule has 1 aromatic carbocycles. The summed E-state index contributed by atoms with van der Waals surface area (Å²) in [6.45, 7) is 1.72. The first kappa shape index (κ1) is 15.7. The van der Waals surface area contributed by atoms with Crippen LogP contribution in [0.15, 0.2) is 29.2 Å². The largest absolute Gasteiger partial charge is 0.481 e. The third-order valence-electron chi connectivity index (χ3n) is 3.63. The van der Waals surface area contributed by atoms with Crippen LogP contribution in [0, 0.1) is 5.92 Å². The van der Waals surface area contributed by atoms with Gasteiger partial charge in [-0.3, -0.25) is 9.59 Å². The van der Waals surface area contributed by atoms with Gasteiger partial charge >= 0.3 is 5.97 Å². The van der Waals surface area contributed by atoms with Crippen molar-refractivity contribution in [3.8, 4) is 0 Å². The number of carbonyl (C=O) groups is 2. The smallest absolute Gasteiger partial charge is 0.307 e. The highest BCUT2D eigenvalue weighted by molar-refractivity contribution is 7.89. The summed E-state index contributed by atoms with van der Waals surface area (Å²) >= 11 is 0. The average Bonchev–Trinajstić information content (AvgIpc) is 2.47. The fraction of sp³-hybridized carbons (Fsp3) is 0.429. The Morgan fingerprint density at radius 2 is 1.86 bits per heavy atom. The lowest BCUT2D eigenvalue weighted by atomic mass is 10.0. The summed E-state index contributed by atoms with van der Waals surface area (Å²) in [5.74, 6) is -1.77. The third-order valence-corrected chi connectivity index (χ3v) is 5.51. The number of piperidine rings is 1. The van der Waals surface area contributed by atoms with Crippen LogP contribution in [0.1, 0.15) is 30.1 Å². The zero-order valence-electron chi connectivity index (χ0n) is 11.7. The highest BCUT2D eigenvalue weighted by atomic mass is 32.2. The van der Waals surface area contributed by atoms with E-state index in [1.807, 2.05) is 0 Å². The van der Waals surface area contributed by atoms with Gasteiger partial charge < -0.3 is 5.11 Å². The number of ketones is 1. The van der Waals surface area contributed by atoms with Gasteiger partial charge in [0.2, 0.25) is 10.0 Å². The molecule has 0 saturated carbocycles. The molecule has 1 heterocycles. The number of aliphatic carboxylic acids is 1. The molecule has 1 N–H and O–H groups in total. The van der Waals surface area contributed by atoms with Crippen molar-refractivity contribution in [3.63, 3.8) is 0 Å². The molecule has 1 atom stereocenters. The minimum Gasteiger partial charge on any atom is -0.481 e. The molecule has 0 spiro atoms. The van der Waals surface area contributed by atoms with E-state index < -0.39 is 21.9 Å². The molecule has 1 aliphatic rings. The molecule has 0 amide bonds. The summed E-state index contributed by atoms with van der Waals surface area (Å²) in [6.07, 6.45) is 1.02. The molecule has 7 heteroatoms. The number of carboxylic acid groups (broad SMARTS) is 1. The Labute approximate surface area is 123 Å². The number of hydrogen-bond donors (Lipinski definition) is 1. The molecule has 1 saturated heterocycles. The summed E-state index contributed by atoms with van der Waals surface area (Å²) < 4.78 is 26.2. The maximum Gasteiger partial charge on any atom is 0.307 e. The summed E-state index contributed by atoms with van der Waals surface area (Å²) in [6, 6.07) is 5.70. The monoisotopic (exact) mass is 311 g/mol. The van der Waals surface area contributed by atoms with Crippen LogP contribution in [-0.2, 0) is 14.8 Å². The van der Waals surface area contributed by atoms with Gasteiger partial charge in [-0.2, -0.15) is 4.31 Å². The van der Waals surface area contributed by atoms with Gasteiger partial charge in [0.05, 0.1) is 10.8 Å². The van der Waals surface area contributed by atoms with Crippen molar-refractivity contribution >= 4 is 21.8 Å². The number of carboxylic acids is 1. The van der Waals surface area contributed by atoms with Crippen molar-refractivity contribution in [3.05, 3.63) is 29.8 Å². The quantitative estimate of drug-likeness (QED) is 0.848. The average molecular weight is 311 g/mol. The summed E-state index contributed by atoms with van der Waals surface area (Å²) in [5.41, 5.74) is 0.441. The van der Waals surface area contributed by atoms with E-state index >= 15 is 0 Å². The molecule has 1 fully saturated rings. The van der Waals surface area contributed by atoms with Crippen molar-refractivity contribution in [1.29, 1.82) is 0 Å². The second kappa shape index (κ2) is 5.95. The number of nitrogens with zero attached hydrogens (tertiary/aromatic N) is 1. The Morgan fingerprint density at radius 3 is 2.38 bits per heavy atom. The molecular weight excluding hydrogens is 294 g/mol. The second-order valence-electron chi connectivity index (χ2n) is 5.12. The minimum absolute atomic E-state index is 0.00781. The van der Waals surface area contributed by atoms with Crippen LogP contribution in [-0.4, -0.2) is 42.7 Å². The molecule has 114 valence electrons. The lowest BCUT2D eigenvalue weighted by molar-refractivity contribution is -0.142. The Kier molecular flexibility index (Phi) is 4.43. The predicted octanol–water partition coefficient (Wildman–Crippen LogP) is 1.37. The molecule has 1 aliphatic heterocycles. The normalized spacial score (nSPS) is 20.1. The molecule has 0 unspecified atom stereocenters. The van der Waals surface area contributed by atoms with Crippen LogP contribution in [0.4, 0.5) is 0 Å². The van der Waals surface area contributed by atoms with Crippen molar-refractivity contribution in [2.24, 2.45) is 5.92 Å². The first-order chi connectivity index (χ1) is 9.82. The van der Waals surface area contributed by atoms with Crippen LogP contribution in [0.5, 0.6) is 0 Å². The Hall–Kier alpha value is -1.73. The minimum atomic E-state index is -3.71. The van der Waals surface area contributed by atoms with Gasteiger partial charge in [-0.1, -0.05) is 12.1 Å². The molecule has 0 bridgehead atoms. The fourth-order valence-electron chi connectivity index (χ4n) is 2.37. The van der Waals surface area contributed by atoms with E-state index in [2.05, 4.69) is 0 Å². The van der Waals surface area contributed by atoms with E-state index in [1.54, 1.807) is 0 Å². The van der Waals surface area contributed by atoms with Gasteiger partial charge in [0.1, 0.15) is 0 Å². The Morgan fingerprint density at radius 1 is 1.24 bits per heavy atom. The van der Waals surface area contributed by atoms with Gasteiger partial charge in [-0.15, -0.1) is 0 Å². The highest BCUT2D eigenvalue weighted by Gasteiger charge is 2.33. The van der Waals surface area contributed by atoms with Gasteiger partial charge in [-0.25, -0.2) is 8.42 Å². The summed E-state index contributed by atoms with van der Waals surface area (Å²) in [4.78, 5) is 22.3. The molecule has 6 nitrogen and oxygen atoms in total. The van der Waals surface area contributed by atoms with Gasteiger partial charge in [0, 0.05) is 18.7 Å². The van der Waals surface area contributed by atoms with Crippen LogP contribution >= 0.6 is 0 Å². The van der Waals surface area contributed by atoms with E-state index in [-0.39, 0.29) is 17.2 Å². The number of sulfonamides is 1. The van der Waals surface area contributed by atoms with Gasteiger partial charge in [-0.05, 0) is 31.9 Å². The summed E-state index contributed by atoms with van der Waals surface area (Å²) in [5, 5.41) is 9.03. The SMILES string of the molecule is CC(=O)c1ccc(S(=O)(=O)N2CCC[C@@H](C(=O)O)C2)cc1. The van der Waals surface area contributed by atoms with Crippen molar-refractivity contribution in [2.75, 3.05) is 13.1 Å². The zero-order valence-corrected chi connectivity index (χ0v) is 12.5.